The molecule has 2 aliphatic heterocycles. The van der Waals surface area contributed by atoms with E-state index in [0.717, 1.165) is 29.5 Å². The average Bonchev–Trinajstić information content (AvgIpc) is 2.68. The van der Waals surface area contributed by atoms with Crippen molar-refractivity contribution >= 4 is 17.6 Å². The molecule has 0 saturated carbocycles. The van der Waals surface area contributed by atoms with E-state index in [-0.39, 0.29) is 11.5 Å². The Hall–Kier alpha value is -2.96. The summed E-state index contributed by atoms with van der Waals surface area (Å²) in [5.41, 5.74) is 2.55. The molecule has 1 spiro atoms. The third-order valence-electron chi connectivity index (χ3n) is 5.67. The van der Waals surface area contributed by atoms with Crippen LogP contribution in [0.4, 0.5) is 5.82 Å². The number of nitrogens with zero attached hydrogens (tertiary/aromatic N) is 3. The van der Waals surface area contributed by atoms with Crippen LogP contribution in [-0.4, -0.2) is 47.2 Å². The van der Waals surface area contributed by atoms with Crippen LogP contribution < -0.4 is 9.64 Å². The van der Waals surface area contributed by atoms with Crippen molar-refractivity contribution in [1.82, 2.24) is 10.2 Å². The number of anilines is 1. The fourth-order valence-electron chi connectivity index (χ4n) is 4.25. The molecule has 7 heteroatoms. The predicted molar refractivity (Wildman–Crippen MR) is 108 cm³/mol. The molecule has 0 bridgehead atoms. The Labute approximate surface area is 170 Å². The number of carbonyl (C=O) groups excluding carboxylic acids is 2. The van der Waals surface area contributed by atoms with Crippen LogP contribution in [-0.2, 0) is 4.74 Å². The van der Waals surface area contributed by atoms with Gasteiger partial charge in [0.1, 0.15) is 11.4 Å². The zero-order valence-electron chi connectivity index (χ0n) is 17.0. The fraction of sp³-hybridized carbons (Fsp3) is 0.455. The Kier molecular flexibility index (Phi) is 4.98. The summed E-state index contributed by atoms with van der Waals surface area (Å²) in [4.78, 5) is 26.7. The highest BCUT2D eigenvalue weighted by Crippen LogP contribution is 2.41. The van der Waals surface area contributed by atoms with Crippen molar-refractivity contribution in [2.24, 2.45) is 0 Å². The van der Waals surface area contributed by atoms with Gasteiger partial charge in [-0.1, -0.05) is 6.07 Å². The van der Waals surface area contributed by atoms with E-state index in [9.17, 15) is 9.59 Å². The van der Waals surface area contributed by atoms with Gasteiger partial charge in [-0.05, 0) is 50.1 Å². The summed E-state index contributed by atoms with van der Waals surface area (Å²) in [6.07, 6.45) is 1.87. The highest BCUT2D eigenvalue weighted by molar-refractivity contribution is 6.01. The molecular weight excluding hydrogens is 370 g/mol. The SMILES string of the molecule is CCOC(=O)c1ccc(N2CCC3(CC2)CC(=O)c2c(C)cc(C)cc2O3)nn1. The van der Waals surface area contributed by atoms with E-state index in [1.54, 1.807) is 19.1 Å². The molecule has 1 saturated heterocycles. The van der Waals surface area contributed by atoms with Crippen molar-refractivity contribution in [3.63, 3.8) is 0 Å². The highest BCUT2D eigenvalue weighted by atomic mass is 16.5. The number of carbonyl (C=O) groups is 2. The van der Waals surface area contributed by atoms with Gasteiger partial charge in [-0.15, -0.1) is 10.2 Å². The second kappa shape index (κ2) is 7.46. The van der Waals surface area contributed by atoms with Crippen molar-refractivity contribution in [3.05, 3.63) is 46.6 Å². The number of aromatic nitrogens is 2. The van der Waals surface area contributed by atoms with Gasteiger partial charge in [0.25, 0.3) is 0 Å². The van der Waals surface area contributed by atoms with Gasteiger partial charge < -0.3 is 14.4 Å². The number of aryl methyl sites for hydroxylation is 2. The Morgan fingerprint density at radius 3 is 2.62 bits per heavy atom. The molecule has 0 radical (unpaired) electrons. The first-order valence-electron chi connectivity index (χ1n) is 10.00. The summed E-state index contributed by atoms with van der Waals surface area (Å²) in [6.45, 7) is 7.46. The van der Waals surface area contributed by atoms with E-state index in [2.05, 4.69) is 15.1 Å². The first kappa shape index (κ1) is 19.4. The number of Topliss-reactive ketones (excluding diaryl/α,β-unsaturated/α-hetero) is 1. The topological polar surface area (TPSA) is 81.6 Å². The van der Waals surface area contributed by atoms with Gasteiger partial charge in [-0.2, -0.15) is 0 Å². The molecule has 4 rings (SSSR count). The number of hydrogen-bond acceptors (Lipinski definition) is 7. The van der Waals surface area contributed by atoms with E-state index in [1.165, 1.54) is 0 Å². The zero-order valence-corrected chi connectivity index (χ0v) is 17.0. The molecule has 3 heterocycles. The van der Waals surface area contributed by atoms with E-state index in [4.69, 9.17) is 9.47 Å². The minimum Gasteiger partial charge on any atom is -0.486 e. The van der Waals surface area contributed by atoms with Crippen molar-refractivity contribution in [1.29, 1.82) is 0 Å². The molecule has 0 unspecified atom stereocenters. The third kappa shape index (κ3) is 3.69. The van der Waals surface area contributed by atoms with Gasteiger partial charge >= 0.3 is 5.97 Å². The summed E-state index contributed by atoms with van der Waals surface area (Å²) in [5.74, 6) is 1.12. The molecule has 2 aromatic rings. The van der Waals surface area contributed by atoms with Crippen molar-refractivity contribution in [2.75, 3.05) is 24.6 Å². The number of ether oxygens (including phenoxy) is 2. The van der Waals surface area contributed by atoms with Crippen molar-refractivity contribution < 1.29 is 19.1 Å². The summed E-state index contributed by atoms with van der Waals surface area (Å²) in [5, 5.41) is 8.17. The number of esters is 1. The molecular formula is C22H25N3O4. The first-order chi connectivity index (χ1) is 13.9. The summed E-state index contributed by atoms with van der Waals surface area (Å²) in [6, 6.07) is 7.41. The summed E-state index contributed by atoms with van der Waals surface area (Å²) >= 11 is 0. The minimum absolute atomic E-state index is 0.163. The van der Waals surface area contributed by atoms with Gasteiger partial charge in [0, 0.05) is 25.9 Å². The maximum Gasteiger partial charge on any atom is 0.358 e. The maximum atomic E-state index is 12.8. The molecule has 0 atom stereocenters. The first-order valence-corrected chi connectivity index (χ1v) is 10.00. The van der Waals surface area contributed by atoms with E-state index < -0.39 is 11.6 Å². The van der Waals surface area contributed by atoms with Crippen molar-refractivity contribution in [2.45, 2.75) is 45.6 Å². The summed E-state index contributed by atoms with van der Waals surface area (Å²) < 4.78 is 11.3. The van der Waals surface area contributed by atoms with E-state index in [1.807, 2.05) is 26.0 Å². The third-order valence-corrected chi connectivity index (χ3v) is 5.67. The maximum absolute atomic E-state index is 12.8. The standard InChI is InChI=1S/C22H25N3O4/c1-4-28-21(27)16-5-6-19(24-23-16)25-9-7-22(8-10-25)13-17(26)20-15(3)11-14(2)12-18(20)29-22/h5-6,11-12H,4,7-10,13H2,1-3H3. The highest BCUT2D eigenvalue weighted by Gasteiger charge is 2.43. The Morgan fingerprint density at radius 2 is 1.97 bits per heavy atom. The molecule has 152 valence electrons. The second-order valence-corrected chi connectivity index (χ2v) is 7.82. The van der Waals surface area contributed by atoms with E-state index in [0.29, 0.717) is 37.7 Å². The van der Waals surface area contributed by atoms with Crippen LogP contribution >= 0.6 is 0 Å². The molecule has 7 nitrogen and oxygen atoms in total. The number of rotatable bonds is 3. The smallest absolute Gasteiger partial charge is 0.358 e. The van der Waals surface area contributed by atoms with Crippen LogP contribution in [0.5, 0.6) is 5.75 Å². The van der Waals surface area contributed by atoms with E-state index >= 15 is 0 Å². The number of benzene rings is 1. The Balaban J connectivity index is 1.47. The van der Waals surface area contributed by atoms with Gasteiger partial charge in [-0.3, -0.25) is 4.79 Å². The molecule has 1 fully saturated rings. The average molecular weight is 395 g/mol. The largest absolute Gasteiger partial charge is 0.486 e. The lowest BCUT2D eigenvalue weighted by atomic mass is 9.81. The quantitative estimate of drug-likeness (QED) is 0.738. The number of hydrogen-bond donors (Lipinski definition) is 0. The zero-order chi connectivity index (χ0) is 20.6. The number of ketones is 1. The van der Waals surface area contributed by atoms with Crippen LogP contribution in [0.15, 0.2) is 24.3 Å². The summed E-state index contributed by atoms with van der Waals surface area (Å²) in [7, 11) is 0. The molecule has 0 aliphatic carbocycles. The predicted octanol–water partition coefficient (Wildman–Crippen LogP) is 3.27. The molecule has 0 amide bonds. The van der Waals surface area contributed by atoms with Crippen LogP contribution in [0.2, 0.25) is 0 Å². The van der Waals surface area contributed by atoms with Crippen LogP contribution in [0.25, 0.3) is 0 Å². The Morgan fingerprint density at radius 1 is 1.21 bits per heavy atom. The molecule has 1 aromatic carbocycles. The number of piperidine rings is 1. The second-order valence-electron chi connectivity index (χ2n) is 7.82. The van der Waals surface area contributed by atoms with Crippen LogP contribution in [0, 0.1) is 13.8 Å². The molecule has 2 aliphatic rings. The van der Waals surface area contributed by atoms with Gasteiger partial charge in [0.05, 0.1) is 18.6 Å². The molecule has 1 aromatic heterocycles. The van der Waals surface area contributed by atoms with Gasteiger partial charge in [0.15, 0.2) is 17.3 Å². The van der Waals surface area contributed by atoms with Gasteiger partial charge in [-0.25, -0.2) is 4.79 Å². The van der Waals surface area contributed by atoms with Crippen LogP contribution in [0.3, 0.4) is 0 Å². The lowest BCUT2D eigenvalue weighted by molar-refractivity contribution is 0.0229. The lowest BCUT2D eigenvalue weighted by Crippen LogP contribution is -2.51. The monoisotopic (exact) mass is 395 g/mol. The normalized spacial score (nSPS) is 17.6. The van der Waals surface area contributed by atoms with Crippen LogP contribution in [0.1, 0.15) is 58.2 Å². The number of fused-ring (bicyclic) bond motifs is 1. The van der Waals surface area contributed by atoms with Gasteiger partial charge in [0.2, 0.25) is 0 Å². The molecule has 0 N–H and O–H groups in total. The fourth-order valence-corrected chi connectivity index (χ4v) is 4.25. The lowest BCUT2D eigenvalue weighted by Gasteiger charge is -2.44. The molecule has 29 heavy (non-hydrogen) atoms. The Bertz CT molecular complexity index is 947. The minimum atomic E-state index is -0.470. The van der Waals surface area contributed by atoms with Crippen molar-refractivity contribution in [3.8, 4) is 5.75 Å².